The molecule has 1 heterocycles. The number of halogens is 1. The first-order valence-corrected chi connectivity index (χ1v) is 6.35. The molecule has 1 aliphatic heterocycles. The molecule has 1 aliphatic rings. The first kappa shape index (κ1) is 13.7. The minimum Gasteiger partial charge on any atom is -0.373 e. The molecule has 0 bridgehead atoms. The maximum atomic E-state index is 11.6. The van der Waals surface area contributed by atoms with Crippen LogP contribution in [0.15, 0.2) is 0 Å². The van der Waals surface area contributed by atoms with Crippen molar-refractivity contribution in [2.45, 2.75) is 32.5 Å². The lowest BCUT2D eigenvalue weighted by atomic mass is 10.2. The molecule has 0 aromatic rings. The third kappa shape index (κ3) is 5.14. The van der Waals surface area contributed by atoms with Gasteiger partial charge in [0.05, 0.1) is 18.8 Å². The Labute approximate surface area is 102 Å². The molecule has 5 heteroatoms. The Morgan fingerprint density at radius 1 is 1.44 bits per heavy atom. The molecule has 0 aliphatic carbocycles. The summed E-state index contributed by atoms with van der Waals surface area (Å²) in [6.07, 6.45) is 1.24. The van der Waals surface area contributed by atoms with Gasteiger partial charge in [0.15, 0.2) is 0 Å². The molecule has 0 saturated carbocycles. The van der Waals surface area contributed by atoms with E-state index in [1.807, 2.05) is 13.8 Å². The van der Waals surface area contributed by atoms with Crippen LogP contribution < -0.4 is 5.32 Å². The fourth-order valence-electron chi connectivity index (χ4n) is 1.97. The van der Waals surface area contributed by atoms with Crippen molar-refractivity contribution in [3.63, 3.8) is 0 Å². The summed E-state index contributed by atoms with van der Waals surface area (Å²) in [5, 5.41) is 2.85. The minimum absolute atomic E-state index is 0.0754. The number of hydrogen-bond acceptors (Lipinski definition) is 3. The summed E-state index contributed by atoms with van der Waals surface area (Å²) in [5.41, 5.74) is 0. The Hall–Kier alpha value is -0.320. The highest BCUT2D eigenvalue weighted by molar-refractivity contribution is 6.17. The van der Waals surface area contributed by atoms with Gasteiger partial charge in [-0.2, -0.15) is 0 Å². The Bertz CT molecular complexity index is 216. The lowest BCUT2D eigenvalue weighted by Crippen LogP contribution is -2.49. The van der Waals surface area contributed by atoms with Gasteiger partial charge >= 0.3 is 0 Å². The molecule has 1 fully saturated rings. The highest BCUT2D eigenvalue weighted by atomic mass is 35.5. The van der Waals surface area contributed by atoms with Crippen LogP contribution in [0.1, 0.15) is 20.3 Å². The molecule has 0 unspecified atom stereocenters. The second kappa shape index (κ2) is 7.09. The van der Waals surface area contributed by atoms with Crippen LogP contribution in [0.25, 0.3) is 0 Å². The minimum atomic E-state index is 0.0754. The van der Waals surface area contributed by atoms with E-state index in [0.717, 1.165) is 19.5 Å². The van der Waals surface area contributed by atoms with E-state index in [2.05, 4.69) is 10.2 Å². The van der Waals surface area contributed by atoms with Crippen molar-refractivity contribution in [3.05, 3.63) is 0 Å². The summed E-state index contributed by atoms with van der Waals surface area (Å²) in [6, 6.07) is 0. The molecule has 94 valence electrons. The summed E-state index contributed by atoms with van der Waals surface area (Å²) < 4.78 is 5.61. The van der Waals surface area contributed by atoms with Gasteiger partial charge < -0.3 is 10.1 Å². The Kier molecular flexibility index (Phi) is 6.09. The van der Waals surface area contributed by atoms with Crippen LogP contribution in [0.5, 0.6) is 0 Å². The molecule has 0 aromatic carbocycles. The Morgan fingerprint density at radius 2 is 2.06 bits per heavy atom. The first-order chi connectivity index (χ1) is 7.61. The average molecular weight is 249 g/mol. The van der Waals surface area contributed by atoms with E-state index in [9.17, 15) is 4.79 Å². The van der Waals surface area contributed by atoms with Gasteiger partial charge in [0.1, 0.15) is 0 Å². The van der Waals surface area contributed by atoms with E-state index < -0.39 is 0 Å². The van der Waals surface area contributed by atoms with Crippen molar-refractivity contribution >= 4 is 17.5 Å². The molecule has 1 saturated heterocycles. The number of amides is 1. The normalized spacial score (nSPS) is 26.7. The molecule has 0 aromatic heterocycles. The number of nitrogens with one attached hydrogen (secondary N) is 1. The molecule has 1 rings (SSSR count). The monoisotopic (exact) mass is 248 g/mol. The third-order valence-electron chi connectivity index (χ3n) is 2.50. The van der Waals surface area contributed by atoms with Crippen molar-refractivity contribution in [1.29, 1.82) is 0 Å². The highest BCUT2D eigenvalue weighted by Crippen LogP contribution is 2.09. The SMILES string of the molecule is C[C@H]1CN(CC(=O)NCCCCl)C[C@H](C)O1. The van der Waals surface area contributed by atoms with E-state index >= 15 is 0 Å². The smallest absolute Gasteiger partial charge is 0.234 e. The zero-order valence-electron chi connectivity index (χ0n) is 10.0. The number of alkyl halides is 1. The number of carbonyl (C=O) groups excluding carboxylic acids is 1. The van der Waals surface area contributed by atoms with Gasteiger partial charge in [-0.25, -0.2) is 0 Å². The topological polar surface area (TPSA) is 41.6 Å². The lowest BCUT2D eigenvalue weighted by Gasteiger charge is -2.34. The maximum absolute atomic E-state index is 11.6. The number of rotatable bonds is 5. The molecule has 16 heavy (non-hydrogen) atoms. The van der Waals surface area contributed by atoms with E-state index in [4.69, 9.17) is 16.3 Å². The molecule has 1 N–H and O–H groups in total. The molecular formula is C11H21ClN2O2. The number of nitrogens with zero attached hydrogens (tertiary/aromatic N) is 1. The zero-order valence-corrected chi connectivity index (χ0v) is 10.8. The fraction of sp³-hybridized carbons (Fsp3) is 0.909. The Balaban J connectivity index is 2.22. The third-order valence-corrected chi connectivity index (χ3v) is 2.76. The van der Waals surface area contributed by atoms with E-state index in [1.54, 1.807) is 0 Å². The summed E-state index contributed by atoms with van der Waals surface area (Å²) >= 11 is 5.54. The quantitative estimate of drug-likeness (QED) is 0.579. The second-order valence-corrected chi connectivity index (χ2v) is 4.72. The summed E-state index contributed by atoms with van der Waals surface area (Å²) in [5.74, 6) is 0.665. The van der Waals surface area contributed by atoms with E-state index in [0.29, 0.717) is 19.0 Å². The second-order valence-electron chi connectivity index (χ2n) is 4.34. The van der Waals surface area contributed by atoms with Crippen molar-refractivity contribution in [3.8, 4) is 0 Å². The number of carbonyl (C=O) groups is 1. The Morgan fingerprint density at radius 3 is 2.62 bits per heavy atom. The van der Waals surface area contributed by atoms with Crippen molar-refractivity contribution < 1.29 is 9.53 Å². The van der Waals surface area contributed by atoms with Crippen LogP contribution in [0.2, 0.25) is 0 Å². The number of hydrogen-bond donors (Lipinski definition) is 1. The van der Waals surface area contributed by atoms with Gasteiger partial charge in [-0.05, 0) is 20.3 Å². The van der Waals surface area contributed by atoms with Crippen LogP contribution in [0.4, 0.5) is 0 Å². The van der Waals surface area contributed by atoms with Gasteiger partial charge in [0.2, 0.25) is 5.91 Å². The summed E-state index contributed by atoms with van der Waals surface area (Å²) in [7, 11) is 0. The predicted molar refractivity (Wildman–Crippen MR) is 64.8 cm³/mol. The maximum Gasteiger partial charge on any atom is 0.234 e. The summed E-state index contributed by atoms with van der Waals surface area (Å²) in [4.78, 5) is 13.7. The molecule has 4 nitrogen and oxygen atoms in total. The molecular weight excluding hydrogens is 228 g/mol. The van der Waals surface area contributed by atoms with Crippen molar-refractivity contribution in [1.82, 2.24) is 10.2 Å². The largest absolute Gasteiger partial charge is 0.373 e. The standard InChI is InChI=1S/C11H21ClN2O2/c1-9-6-14(7-10(2)16-9)8-11(15)13-5-3-4-12/h9-10H,3-8H2,1-2H3,(H,13,15)/t9-,10-/m0/s1. The molecule has 0 spiro atoms. The van der Waals surface area contributed by atoms with Gasteiger partial charge in [-0.1, -0.05) is 0 Å². The van der Waals surface area contributed by atoms with Gasteiger partial charge in [0, 0.05) is 25.5 Å². The lowest BCUT2D eigenvalue weighted by molar-refractivity contribution is -0.125. The van der Waals surface area contributed by atoms with Crippen LogP contribution >= 0.6 is 11.6 Å². The molecule has 0 radical (unpaired) electrons. The fourth-order valence-corrected chi connectivity index (χ4v) is 2.10. The molecule has 2 atom stereocenters. The van der Waals surface area contributed by atoms with Gasteiger partial charge in [0.25, 0.3) is 0 Å². The van der Waals surface area contributed by atoms with Crippen molar-refractivity contribution in [2.24, 2.45) is 0 Å². The van der Waals surface area contributed by atoms with Gasteiger partial charge in [-0.15, -0.1) is 11.6 Å². The van der Waals surface area contributed by atoms with Crippen LogP contribution in [-0.2, 0) is 9.53 Å². The van der Waals surface area contributed by atoms with Crippen LogP contribution in [0.3, 0.4) is 0 Å². The van der Waals surface area contributed by atoms with Gasteiger partial charge in [-0.3, -0.25) is 9.69 Å². The van der Waals surface area contributed by atoms with Crippen LogP contribution in [0, 0.1) is 0 Å². The molecule has 1 amide bonds. The predicted octanol–water partition coefficient (Wildman–Crippen LogP) is 0.841. The zero-order chi connectivity index (χ0) is 12.0. The number of ether oxygens (including phenoxy) is 1. The van der Waals surface area contributed by atoms with E-state index in [-0.39, 0.29) is 18.1 Å². The first-order valence-electron chi connectivity index (χ1n) is 5.82. The summed E-state index contributed by atoms with van der Waals surface area (Å²) in [6.45, 7) is 6.85. The average Bonchev–Trinajstić information content (AvgIpc) is 2.16. The van der Waals surface area contributed by atoms with E-state index in [1.165, 1.54) is 0 Å². The van der Waals surface area contributed by atoms with Crippen molar-refractivity contribution in [2.75, 3.05) is 32.1 Å². The highest BCUT2D eigenvalue weighted by Gasteiger charge is 2.23. The number of morpholine rings is 1. The van der Waals surface area contributed by atoms with Crippen LogP contribution in [-0.4, -0.2) is 55.1 Å².